The summed E-state index contributed by atoms with van der Waals surface area (Å²) in [5, 5.41) is 10.2. The largest absolute Gasteiger partial charge is 0.305 e. The van der Waals surface area contributed by atoms with Crippen molar-refractivity contribution in [2.24, 2.45) is 0 Å². The predicted molar refractivity (Wildman–Crippen MR) is 64.0 cm³/mol. The number of halogens is 1. The third-order valence-electron chi connectivity index (χ3n) is 2.05. The molecule has 2 aromatic heterocycles. The number of aryl methyl sites for hydroxylation is 1. The van der Waals surface area contributed by atoms with Crippen LogP contribution in [0.25, 0.3) is 0 Å². The Kier molecular flexibility index (Phi) is 3.30. The highest BCUT2D eigenvalue weighted by molar-refractivity contribution is 6.29. The fraction of sp³-hybridized carbons (Fsp3) is 0.0909. The van der Waals surface area contributed by atoms with Gasteiger partial charge < -0.3 is 5.32 Å². The van der Waals surface area contributed by atoms with Crippen LogP contribution in [0.5, 0.6) is 0 Å². The molecule has 2 rings (SSSR count). The molecule has 0 radical (unpaired) electrons. The van der Waals surface area contributed by atoms with E-state index in [0.29, 0.717) is 11.4 Å². The standard InChI is InChI=1S/C11H9ClN4O/c1-7-2-3-8(6-13-7)11(17)14-10-5-4-9(12)15-16-10/h2-6H,1H3,(H,14,16,17). The van der Waals surface area contributed by atoms with Gasteiger partial charge in [0.25, 0.3) is 5.91 Å². The van der Waals surface area contributed by atoms with Gasteiger partial charge in [-0.05, 0) is 31.2 Å². The lowest BCUT2D eigenvalue weighted by molar-refractivity contribution is 0.102. The summed E-state index contributed by atoms with van der Waals surface area (Å²) in [7, 11) is 0. The molecule has 0 aliphatic rings. The van der Waals surface area contributed by atoms with E-state index in [0.717, 1.165) is 5.69 Å². The number of aromatic nitrogens is 3. The first-order chi connectivity index (χ1) is 8.15. The Morgan fingerprint density at radius 2 is 2.06 bits per heavy atom. The van der Waals surface area contributed by atoms with Crippen LogP contribution in [0.1, 0.15) is 16.1 Å². The summed E-state index contributed by atoms with van der Waals surface area (Å²) in [5.41, 5.74) is 1.32. The maximum Gasteiger partial charge on any atom is 0.258 e. The Bertz CT molecular complexity index is 524. The second kappa shape index (κ2) is 4.88. The molecule has 0 spiro atoms. The minimum atomic E-state index is -0.283. The lowest BCUT2D eigenvalue weighted by atomic mass is 10.2. The maximum absolute atomic E-state index is 11.8. The molecule has 6 heteroatoms. The van der Waals surface area contributed by atoms with Gasteiger partial charge in [0.2, 0.25) is 0 Å². The first kappa shape index (κ1) is 11.5. The second-order valence-electron chi connectivity index (χ2n) is 3.38. The van der Waals surface area contributed by atoms with Crippen LogP contribution in [0.4, 0.5) is 5.82 Å². The molecule has 0 saturated heterocycles. The molecule has 2 aromatic rings. The highest BCUT2D eigenvalue weighted by Gasteiger charge is 2.07. The van der Waals surface area contributed by atoms with E-state index in [4.69, 9.17) is 11.6 Å². The van der Waals surface area contributed by atoms with E-state index in [1.165, 1.54) is 6.20 Å². The molecule has 1 N–H and O–H groups in total. The Morgan fingerprint density at radius 3 is 2.65 bits per heavy atom. The number of nitrogens with zero attached hydrogens (tertiary/aromatic N) is 3. The van der Waals surface area contributed by atoms with Gasteiger partial charge in [0, 0.05) is 11.9 Å². The van der Waals surface area contributed by atoms with Crippen molar-refractivity contribution in [2.75, 3.05) is 5.32 Å². The van der Waals surface area contributed by atoms with Crippen LogP contribution >= 0.6 is 11.6 Å². The number of hydrogen-bond acceptors (Lipinski definition) is 4. The van der Waals surface area contributed by atoms with E-state index >= 15 is 0 Å². The van der Waals surface area contributed by atoms with E-state index in [1.807, 2.05) is 6.92 Å². The van der Waals surface area contributed by atoms with Gasteiger partial charge in [0.05, 0.1) is 5.56 Å². The monoisotopic (exact) mass is 248 g/mol. The number of nitrogens with one attached hydrogen (secondary N) is 1. The van der Waals surface area contributed by atoms with Gasteiger partial charge in [0.1, 0.15) is 0 Å². The molecule has 86 valence electrons. The molecule has 0 unspecified atom stereocenters. The Labute approximate surface area is 103 Å². The van der Waals surface area contributed by atoms with Crippen LogP contribution in [-0.2, 0) is 0 Å². The van der Waals surface area contributed by atoms with Crippen LogP contribution in [0, 0.1) is 6.92 Å². The Hall–Kier alpha value is -2.01. The highest BCUT2D eigenvalue weighted by atomic mass is 35.5. The molecule has 17 heavy (non-hydrogen) atoms. The quantitative estimate of drug-likeness (QED) is 0.884. The van der Waals surface area contributed by atoms with Gasteiger partial charge in [-0.2, -0.15) is 0 Å². The summed E-state index contributed by atoms with van der Waals surface area (Å²) in [4.78, 5) is 15.8. The van der Waals surface area contributed by atoms with Crippen molar-refractivity contribution < 1.29 is 4.79 Å². The highest BCUT2D eigenvalue weighted by Crippen LogP contribution is 2.08. The molecule has 0 aliphatic heterocycles. The van der Waals surface area contributed by atoms with Crippen LogP contribution in [-0.4, -0.2) is 21.1 Å². The van der Waals surface area contributed by atoms with Crippen molar-refractivity contribution >= 4 is 23.3 Å². The third kappa shape index (κ3) is 2.98. The van der Waals surface area contributed by atoms with Crippen LogP contribution in [0.15, 0.2) is 30.5 Å². The van der Waals surface area contributed by atoms with Gasteiger partial charge in [-0.3, -0.25) is 9.78 Å². The summed E-state index contributed by atoms with van der Waals surface area (Å²) >= 11 is 5.59. The van der Waals surface area contributed by atoms with Crippen molar-refractivity contribution in [1.82, 2.24) is 15.2 Å². The van der Waals surface area contributed by atoms with Crippen molar-refractivity contribution in [1.29, 1.82) is 0 Å². The summed E-state index contributed by atoms with van der Waals surface area (Å²) in [6.45, 7) is 1.85. The minimum absolute atomic E-state index is 0.278. The zero-order chi connectivity index (χ0) is 12.3. The first-order valence-electron chi connectivity index (χ1n) is 4.88. The molecule has 2 heterocycles. The van der Waals surface area contributed by atoms with Crippen LogP contribution < -0.4 is 5.32 Å². The minimum Gasteiger partial charge on any atom is -0.305 e. The van der Waals surface area contributed by atoms with Gasteiger partial charge in [0.15, 0.2) is 11.0 Å². The number of carbonyl (C=O) groups excluding carboxylic acids is 1. The van der Waals surface area contributed by atoms with Gasteiger partial charge in [-0.15, -0.1) is 10.2 Å². The third-order valence-corrected chi connectivity index (χ3v) is 2.25. The average Bonchev–Trinajstić information content (AvgIpc) is 2.33. The normalized spacial score (nSPS) is 10.0. The molecule has 0 saturated carbocycles. The van der Waals surface area contributed by atoms with Crippen molar-refractivity contribution in [3.8, 4) is 0 Å². The molecular weight excluding hydrogens is 240 g/mol. The first-order valence-corrected chi connectivity index (χ1v) is 5.26. The predicted octanol–water partition coefficient (Wildman–Crippen LogP) is 2.09. The summed E-state index contributed by atoms with van der Waals surface area (Å²) < 4.78 is 0. The van der Waals surface area contributed by atoms with E-state index in [9.17, 15) is 4.79 Å². The van der Waals surface area contributed by atoms with Gasteiger partial charge in [-0.1, -0.05) is 11.6 Å². The van der Waals surface area contributed by atoms with E-state index < -0.39 is 0 Å². The van der Waals surface area contributed by atoms with Crippen molar-refractivity contribution in [2.45, 2.75) is 6.92 Å². The average molecular weight is 249 g/mol. The fourth-order valence-electron chi connectivity index (χ4n) is 1.17. The van der Waals surface area contributed by atoms with Crippen LogP contribution in [0.2, 0.25) is 5.15 Å². The van der Waals surface area contributed by atoms with E-state index in [1.54, 1.807) is 24.3 Å². The number of carbonyl (C=O) groups is 1. The summed E-state index contributed by atoms with van der Waals surface area (Å²) in [6, 6.07) is 6.59. The number of anilines is 1. The lowest BCUT2D eigenvalue weighted by Gasteiger charge is -2.03. The molecule has 0 aromatic carbocycles. The van der Waals surface area contributed by atoms with Gasteiger partial charge >= 0.3 is 0 Å². The smallest absolute Gasteiger partial charge is 0.258 e. The zero-order valence-electron chi connectivity index (χ0n) is 9.01. The van der Waals surface area contributed by atoms with E-state index in [2.05, 4.69) is 20.5 Å². The summed E-state index contributed by atoms with van der Waals surface area (Å²) in [5.74, 6) is 0.0640. The number of pyridine rings is 1. The molecule has 0 bridgehead atoms. The number of amides is 1. The topological polar surface area (TPSA) is 67.8 Å². The summed E-state index contributed by atoms with van der Waals surface area (Å²) in [6.07, 6.45) is 1.51. The van der Waals surface area contributed by atoms with Crippen molar-refractivity contribution in [3.05, 3.63) is 46.9 Å². The molecule has 1 amide bonds. The Balaban J connectivity index is 2.11. The molecular formula is C11H9ClN4O. The fourth-order valence-corrected chi connectivity index (χ4v) is 1.27. The van der Waals surface area contributed by atoms with Gasteiger partial charge in [-0.25, -0.2) is 0 Å². The number of hydrogen-bond donors (Lipinski definition) is 1. The van der Waals surface area contributed by atoms with E-state index in [-0.39, 0.29) is 11.1 Å². The maximum atomic E-state index is 11.8. The van der Waals surface area contributed by atoms with Crippen LogP contribution in [0.3, 0.4) is 0 Å². The molecule has 0 aliphatic carbocycles. The van der Waals surface area contributed by atoms with Crippen molar-refractivity contribution in [3.63, 3.8) is 0 Å². The SMILES string of the molecule is Cc1ccc(C(=O)Nc2ccc(Cl)nn2)cn1. The lowest BCUT2D eigenvalue weighted by Crippen LogP contribution is -2.13. The molecule has 0 atom stereocenters. The Morgan fingerprint density at radius 1 is 1.24 bits per heavy atom. The molecule has 0 fully saturated rings. The second-order valence-corrected chi connectivity index (χ2v) is 3.77. The molecule has 5 nitrogen and oxygen atoms in total. The zero-order valence-corrected chi connectivity index (χ0v) is 9.77. The number of rotatable bonds is 2.